The van der Waals surface area contributed by atoms with Gasteiger partial charge in [-0.25, -0.2) is 9.78 Å². The number of halogens is 3. The Morgan fingerprint density at radius 1 is 1.57 bits per heavy atom. The molecule has 0 spiro atoms. The number of hydrogen-bond acceptors (Lipinski definition) is 3. The lowest BCUT2D eigenvalue weighted by atomic mass is 10.4. The summed E-state index contributed by atoms with van der Waals surface area (Å²) in [5, 5.41) is 7.23. The first-order chi connectivity index (χ1) is 6.39. The van der Waals surface area contributed by atoms with Crippen molar-refractivity contribution in [2.24, 2.45) is 0 Å². The van der Waals surface area contributed by atoms with Crippen LogP contribution in [0.1, 0.15) is 9.88 Å². The first kappa shape index (κ1) is 10.7. The average Bonchev–Trinajstić information content (AvgIpc) is 2.47. The van der Waals surface area contributed by atoms with Crippen molar-refractivity contribution < 1.29 is 23.1 Å². The van der Waals surface area contributed by atoms with Gasteiger partial charge in [0.25, 0.3) is 0 Å². The lowest BCUT2D eigenvalue weighted by Crippen LogP contribution is -2.02. The topological polar surface area (TPSA) is 50.2 Å². The van der Waals surface area contributed by atoms with Gasteiger partial charge in [-0.2, -0.15) is 13.2 Å². The van der Waals surface area contributed by atoms with Crippen molar-refractivity contribution in [2.45, 2.75) is 6.18 Å². The van der Waals surface area contributed by atoms with Crippen LogP contribution in [-0.4, -0.2) is 16.1 Å². The standard InChI is InChI=1S/C7H4F3NO2S/c8-7(9,10)6-11-3-4(14-6)1-2-5(12)13/h1-3H,(H,12,13)/b2-1+. The summed E-state index contributed by atoms with van der Waals surface area (Å²) >= 11 is 0.396. The number of aliphatic carboxylic acids is 1. The van der Waals surface area contributed by atoms with Crippen molar-refractivity contribution in [1.82, 2.24) is 4.98 Å². The Bertz CT molecular complexity index is 369. The Kier molecular flexibility index (Phi) is 2.90. The van der Waals surface area contributed by atoms with E-state index in [0.29, 0.717) is 11.3 Å². The van der Waals surface area contributed by atoms with Gasteiger partial charge in [0.1, 0.15) is 0 Å². The SMILES string of the molecule is O=C(O)/C=C/c1cnc(C(F)(F)F)s1. The summed E-state index contributed by atoms with van der Waals surface area (Å²) in [6.45, 7) is 0. The van der Waals surface area contributed by atoms with E-state index in [4.69, 9.17) is 5.11 Å². The van der Waals surface area contributed by atoms with Crippen LogP contribution in [0.25, 0.3) is 6.08 Å². The highest BCUT2D eigenvalue weighted by Crippen LogP contribution is 2.32. The highest BCUT2D eigenvalue weighted by atomic mass is 32.1. The third kappa shape index (κ3) is 2.84. The summed E-state index contributed by atoms with van der Waals surface area (Å²) in [4.78, 5) is 13.3. The number of hydrogen-bond donors (Lipinski definition) is 1. The van der Waals surface area contributed by atoms with Gasteiger partial charge in [0.05, 0.1) is 0 Å². The van der Waals surface area contributed by atoms with Crippen LogP contribution in [0.2, 0.25) is 0 Å². The van der Waals surface area contributed by atoms with E-state index in [1.54, 1.807) is 0 Å². The Morgan fingerprint density at radius 3 is 2.64 bits per heavy atom. The fourth-order valence-corrected chi connectivity index (χ4v) is 1.33. The monoisotopic (exact) mass is 223 g/mol. The molecule has 0 bridgehead atoms. The molecular formula is C7H4F3NO2S. The molecule has 0 atom stereocenters. The molecule has 0 aliphatic heterocycles. The van der Waals surface area contributed by atoms with Crippen LogP contribution in [-0.2, 0) is 11.0 Å². The van der Waals surface area contributed by atoms with E-state index in [1.165, 1.54) is 0 Å². The van der Waals surface area contributed by atoms with Crippen molar-refractivity contribution in [3.8, 4) is 0 Å². The minimum atomic E-state index is -4.47. The number of rotatable bonds is 2. The van der Waals surface area contributed by atoms with Gasteiger partial charge >= 0.3 is 12.1 Å². The molecule has 0 fully saturated rings. The van der Waals surface area contributed by atoms with Crippen molar-refractivity contribution in [1.29, 1.82) is 0 Å². The van der Waals surface area contributed by atoms with Crippen molar-refractivity contribution in [2.75, 3.05) is 0 Å². The van der Waals surface area contributed by atoms with Gasteiger partial charge in [0.15, 0.2) is 5.01 Å². The van der Waals surface area contributed by atoms with E-state index < -0.39 is 17.2 Å². The molecule has 0 aliphatic carbocycles. The van der Waals surface area contributed by atoms with Crippen LogP contribution < -0.4 is 0 Å². The zero-order chi connectivity index (χ0) is 10.8. The fraction of sp³-hybridized carbons (Fsp3) is 0.143. The third-order valence-corrected chi connectivity index (χ3v) is 2.16. The summed E-state index contributed by atoms with van der Waals surface area (Å²) in [7, 11) is 0. The van der Waals surface area contributed by atoms with Crippen molar-refractivity contribution in [3.05, 3.63) is 22.2 Å². The second-order valence-corrected chi connectivity index (χ2v) is 3.30. The Balaban J connectivity index is 2.84. The molecule has 0 radical (unpaired) electrons. The maximum atomic E-state index is 12.0. The van der Waals surface area contributed by atoms with Crippen molar-refractivity contribution in [3.63, 3.8) is 0 Å². The lowest BCUT2D eigenvalue weighted by Gasteiger charge is -1.98. The Hall–Kier alpha value is -1.37. The molecule has 14 heavy (non-hydrogen) atoms. The molecule has 0 unspecified atom stereocenters. The minimum Gasteiger partial charge on any atom is -0.478 e. The maximum absolute atomic E-state index is 12.0. The number of alkyl halides is 3. The molecule has 0 saturated carbocycles. The van der Waals surface area contributed by atoms with E-state index in [1.807, 2.05) is 0 Å². The van der Waals surface area contributed by atoms with E-state index >= 15 is 0 Å². The van der Waals surface area contributed by atoms with E-state index in [9.17, 15) is 18.0 Å². The maximum Gasteiger partial charge on any atom is 0.443 e. The third-order valence-electron chi connectivity index (χ3n) is 1.16. The summed E-state index contributed by atoms with van der Waals surface area (Å²) in [6.07, 6.45) is -1.67. The largest absolute Gasteiger partial charge is 0.478 e. The van der Waals surface area contributed by atoms with Gasteiger partial charge in [-0.05, 0) is 6.08 Å². The first-order valence-electron chi connectivity index (χ1n) is 3.33. The predicted octanol–water partition coefficient (Wildman–Crippen LogP) is 2.26. The zero-order valence-corrected chi connectivity index (χ0v) is 7.39. The highest BCUT2D eigenvalue weighted by Gasteiger charge is 2.34. The van der Waals surface area contributed by atoms with E-state index in [2.05, 4.69) is 4.98 Å². The summed E-state index contributed by atoms with van der Waals surface area (Å²) in [5.41, 5.74) is 0. The molecule has 0 saturated heterocycles. The Labute approximate surface area is 80.5 Å². The molecule has 76 valence electrons. The number of carboxylic acid groups (broad SMARTS) is 1. The van der Waals surface area contributed by atoms with Crippen molar-refractivity contribution >= 4 is 23.4 Å². The molecule has 0 aromatic carbocycles. The molecule has 1 aromatic heterocycles. The minimum absolute atomic E-state index is 0.153. The molecule has 7 heteroatoms. The van der Waals surface area contributed by atoms with Crippen LogP contribution in [0.3, 0.4) is 0 Å². The second-order valence-electron chi connectivity index (χ2n) is 2.24. The van der Waals surface area contributed by atoms with E-state index in [-0.39, 0.29) is 4.88 Å². The number of aromatic nitrogens is 1. The molecule has 3 nitrogen and oxygen atoms in total. The molecule has 1 N–H and O–H groups in total. The predicted molar refractivity (Wildman–Crippen MR) is 43.8 cm³/mol. The lowest BCUT2D eigenvalue weighted by molar-refractivity contribution is -0.137. The number of thiazole rings is 1. The number of carboxylic acids is 1. The van der Waals surface area contributed by atoms with Crippen LogP contribution >= 0.6 is 11.3 Å². The summed E-state index contributed by atoms with van der Waals surface area (Å²) in [5.74, 6) is -1.22. The highest BCUT2D eigenvalue weighted by molar-refractivity contribution is 7.12. The summed E-state index contributed by atoms with van der Waals surface area (Å²) < 4.78 is 36.0. The van der Waals surface area contributed by atoms with Gasteiger partial charge < -0.3 is 5.11 Å². The molecule has 1 aromatic rings. The molecule has 0 amide bonds. The Morgan fingerprint density at radius 2 is 2.21 bits per heavy atom. The summed E-state index contributed by atoms with van der Waals surface area (Å²) in [6, 6.07) is 0. The number of nitrogens with zero attached hydrogens (tertiary/aromatic N) is 1. The average molecular weight is 223 g/mol. The van der Waals surface area contributed by atoms with Gasteiger partial charge in [-0.1, -0.05) is 0 Å². The fourth-order valence-electron chi connectivity index (χ4n) is 0.648. The molecule has 0 aliphatic rings. The van der Waals surface area contributed by atoms with E-state index in [0.717, 1.165) is 18.3 Å². The first-order valence-corrected chi connectivity index (χ1v) is 4.15. The molecular weight excluding hydrogens is 219 g/mol. The van der Waals surface area contributed by atoms with Gasteiger partial charge in [-0.3, -0.25) is 0 Å². The van der Waals surface area contributed by atoms with Crippen LogP contribution in [0.15, 0.2) is 12.3 Å². The second kappa shape index (κ2) is 3.79. The smallest absolute Gasteiger partial charge is 0.443 e. The van der Waals surface area contributed by atoms with Crippen LogP contribution in [0, 0.1) is 0 Å². The number of carbonyl (C=O) groups is 1. The van der Waals surface area contributed by atoms with Crippen LogP contribution in [0.5, 0.6) is 0 Å². The van der Waals surface area contributed by atoms with Gasteiger partial charge in [-0.15, -0.1) is 11.3 Å². The zero-order valence-electron chi connectivity index (χ0n) is 6.58. The molecule has 1 rings (SSSR count). The normalized spacial score (nSPS) is 12.2. The molecule has 1 heterocycles. The van der Waals surface area contributed by atoms with Gasteiger partial charge in [0, 0.05) is 17.2 Å². The van der Waals surface area contributed by atoms with Crippen LogP contribution in [0.4, 0.5) is 13.2 Å². The quantitative estimate of drug-likeness (QED) is 0.782. The van der Waals surface area contributed by atoms with Gasteiger partial charge in [0.2, 0.25) is 0 Å².